The van der Waals surface area contributed by atoms with E-state index in [1.807, 2.05) is 0 Å². The summed E-state index contributed by atoms with van der Waals surface area (Å²) >= 11 is 1.40. The number of esters is 2. The van der Waals surface area contributed by atoms with E-state index in [1.165, 1.54) is 11.3 Å². The minimum atomic E-state index is -0.943. The highest BCUT2D eigenvalue weighted by atomic mass is 32.1. The van der Waals surface area contributed by atoms with Gasteiger partial charge in [0.25, 0.3) is 6.29 Å². The molecule has 90 valence electrons. The number of carbonyl (C=O) groups excluding carboxylic acids is 2. The second-order valence-corrected chi connectivity index (χ2v) is 4.52. The van der Waals surface area contributed by atoms with Crippen LogP contribution in [0.4, 0.5) is 0 Å². The first-order valence-electron chi connectivity index (χ1n) is 5.29. The third kappa shape index (κ3) is 1.78. The zero-order valence-electron chi connectivity index (χ0n) is 9.16. The van der Waals surface area contributed by atoms with E-state index in [1.54, 1.807) is 41.1 Å². The average molecular weight is 260 g/mol. The molecule has 0 bridgehead atoms. The molecule has 5 heteroatoms. The molecule has 1 aromatic heterocycles. The minimum absolute atomic E-state index is 0.445. The van der Waals surface area contributed by atoms with Gasteiger partial charge >= 0.3 is 11.9 Å². The second kappa shape index (κ2) is 4.27. The number of hydrogen-bond acceptors (Lipinski definition) is 5. The van der Waals surface area contributed by atoms with Crippen molar-refractivity contribution in [1.29, 1.82) is 0 Å². The molecular formula is C13H8O4S. The van der Waals surface area contributed by atoms with Crippen molar-refractivity contribution in [2.45, 2.75) is 6.29 Å². The van der Waals surface area contributed by atoms with E-state index in [-0.39, 0.29) is 0 Å². The predicted molar refractivity (Wildman–Crippen MR) is 64.3 cm³/mol. The molecule has 0 radical (unpaired) electrons. The minimum Gasteiger partial charge on any atom is -0.417 e. The van der Waals surface area contributed by atoms with E-state index in [2.05, 4.69) is 0 Å². The molecule has 2 heterocycles. The number of thiophene rings is 1. The van der Waals surface area contributed by atoms with Crippen molar-refractivity contribution in [3.05, 3.63) is 57.8 Å². The predicted octanol–water partition coefficient (Wildman–Crippen LogP) is 2.77. The van der Waals surface area contributed by atoms with E-state index in [0.717, 1.165) is 0 Å². The van der Waals surface area contributed by atoms with E-state index < -0.39 is 18.2 Å². The number of carbonyl (C=O) groups is 2. The molecule has 1 atom stereocenters. The first-order valence-corrected chi connectivity index (χ1v) is 6.23. The summed E-state index contributed by atoms with van der Waals surface area (Å²) in [5.41, 5.74) is 1.49. The monoisotopic (exact) mass is 260 g/mol. The van der Waals surface area contributed by atoms with Crippen LogP contribution in [0.2, 0.25) is 0 Å². The Labute approximate surface area is 107 Å². The van der Waals surface area contributed by atoms with Crippen LogP contribution in [0.3, 0.4) is 0 Å². The molecule has 0 saturated carbocycles. The number of ether oxygens (including phenoxy) is 2. The highest BCUT2D eigenvalue weighted by Gasteiger charge is 2.33. The summed E-state index contributed by atoms with van der Waals surface area (Å²) < 4.78 is 10.2. The molecule has 18 heavy (non-hydrogen) atoms. The van der Waals surface area contributed by atoms with Crippen LogP contribution in [0.1, 0.15) is 32.6 Å². The van der Waals surface area contributed by atoms with Gasteiger partial charge in [0.15, 0.2) is 0 Å². The topological polar surface area (TPSA) is 52.6 Å². The maximum atomic E-state index is 11.8. The summed E-state index contributed by atoms with van der Waals surface area (Å²) in [5, 5.41) is 3.47. The van der Waals surface area contributed by atoms with Crippen molar-refractivity contribution in [3.63, 3.8) is 0 Å². The largest absolute Gasteiger partial charge is 0.417 e. The van der Waals surface area contributed by atoms with Crippen molar-refractivity contribution in [3.8, 4) is 0 Å². The van der Waals surface area contributed by atoms with Crippen molar-refractivity contribution >= 4 is 23.3 Å². The fourth-order valence-corrected chi connectivity index (χ4v) is 2.37. The Morgan fingerprint density at radius 1 is 1.28 bits per heavy atom. The fraction of sp³-hybridized carbons (Fsp3) is 0.0769. The van der Waals surface area contributed by atoms with Crippen LogP contribution in [-0.2, 0) is 9.47 Å². The molecule has 3 rings (SSSR count). The van der Waals surface area contributed by atoms with Gasteiger partial charge in [0.05, 0.1) is 11.1 Å². The SMILES string of the molecule is O=C(O[C@H]1OC(=O)c2ccccc21)c1ccsc1. The van der Waals surface area contributed by atoms with Crippen LogP contribution in [0.5, 0.6) is 0 Å². The van der Waals surface area contributed by atoms with Gasteiger partial charge in [-0.2, -0.15) is 11.3 Å². The van der Waals surface area contributed by atoms with E-state index in [0.29, 0.717) is 16.7 Å². The third-order valence-corrected chi connectivity index (χ3v) is 3.30. The van der Waals surface area contributed by atoms with Crippen LogP contribution in [0.15, 0.2) is 41.1 Å². The Balaban J connectivity index is 1.84. The van der Waals surface area contributed by atoms with Crippen LogP contribution in [-0.4, -0.2) is 11.9 Å². The lowest BCUT2D eigenvalue weighted by atomic mass is 10.1. The average Bonchev–Trinajstić information content (AvgIpc) is 3.00. The molecule has 0 unspecified atom stereocenters. The zero-order chi connectivity index (χ0) is 12.5. The lowest BCUT2D eigenvalue weighted by Gasteiger charge is -2.11. The Kier molecular flexibility index (Phi) is 2.60. The van der Waals surface area contributed by atoms with Crippen molar-refractivity contribution < 1.29 is 19.1 Å². The van der Waals surface area contributed by atoms with E-state index >= 15 is 0 Å². The molecule has 0 saturated heterocycles. The smallest absolute Gasteiger partial charge is 0.342 e. The summed E-state index contributed by atoms with van der Waals surface area (Å²) in [7, 11) is 0. The summed E-state index contributed by atoms with van der Waals surface area (Å²) in [6.45, 7) is 0. The Bertz CT molecular complexity index is 603. The van der Waals surface area contributed by atoms with Crippen molar-refractivity contribution in [1.82, 2.24) is 0 Å². The highest BCUT2D eigenvalue weighted by Crippen LogP contribution is 2.31. The third-order valence-electron chi connectivity index (χ3n) is 2.62. The number of fused-ring (bicyclic) bond motifs is 1. The molecule has 0 fully saturated rings. The van der Waals surface area contributed by atoms with Crippen molar-refractivity contribution in [2.75, 3.05) is 0 Å². The molecule has 0 aliphatic carbocycles. The van der Waals surface area contributed by atoms with Gasteiger partial charge in [0.1, 0.15) is 0 Å². The van der Waals surface area contributed by atoms with E-state index in [4.69, 9.17) is 9.47 Å². The van der Waals surface area contributed by atoms with Crippen LogP contribution in [0, 0.1) is 0 Å². The van der Waals surface area contributed by atoms with Crippen molar-refractivity contribution in [2.24, 2.45) is 0 Å². The number of hydrogen-bond donors (Lipinski definition) is 0. The molecule has 0 N–H and O–H groups in total. The zero-order valence-corrected chi connectivity index (χ0v) is 9.98. The summed E-state index contributed by atoms with van der Waals surface area (Å²) in [6, 6.07) is 8.53. The fourth-order valence-electron chi connectivity index (χ4n) is 1.75. The lowest BCUT2D eigenvalue weighted by molar-refractivity contribution is -0.0723. The summed E-state index contributed by atoms with van der Waals surface area (Å²) in [5.74, 6) is -0.959. The molecule has 0 spiro atoms. The highest BCUT2D eigenvalue weighted by molar-refractivity contribution is 7.08. The molecular weight excluding hydrogens is 252 g/mol. The number of cyclic esters (lactones) is 1. The maximum absolute atomic E-state index is 11.8. The lowest BCUT2D eigenvalue weighted by Crippen LogP contribution is -2.10. The summed E-state index contributed by atoms with van der Waals surface area (Å²) in [6.07, 6.45) is -0.943. The molecule has 1 aliphatic heterocycles. The van der Waals surface area contributed by atoms with Crippen LogP contribution in [0.25, 0.3) is 0 Å². The van der Waals surface area contributed by atoms with Gasteiger partial charge in [-0.3, -0.25) is 0 Å². The normalized spacial score (nSPS) is 17.1. The molecule has 1 aliphatic rings. The van der Waals surface area contributed by atoms with Gasteiger partial charge in [0, 0.05) is 10.9 Å². The van der Waals surface area contributed by atoms with Crippen LogP contribution >= 0.6 is 11.3 Å². The quantitative estimate of drug-likeness (QED) is 0.779. The van der Waals surface area contributed by atoms with Gasteiger partial charge in [-0.25, -0.2) is 9.59 Å². The van der Waals surface area contributed by atoms with Gasteiger partial charge in [-0.1, -0.05) is 18.2 Å². The molecule has 4 nitrogen and oxygen atoms in total. The Morgan fingerprint density at radius 3 is 2.89 bits per heavy atom. The van der Waals surface area contributed by atoms with Gasteiger partial charge in [-0.05, 0) is 17.5 Å². The van der Waals surface area contributed by atoms with Gasteiger partial charge < -0.3 is 9.47 Å². The first-order chi connectivity index (χ1) is 8.75. The van der Waals surface area contributed by atoms with Crippen LogP contribution < -0.4 is 0 Å². The number of rotatable bonds is 2. The van der Waals surface area contributed by atoms with E-state index in [9.17, 15) is 9.59 Å². The Hall–Kier alpha value is -2.14. The first kappa shape index (κ1) is 11.0. The second-order valence-electron chi connectivity index (χ2n) is 3.74. The Morgan fingerprint density at radius 2 is 2.11 bits per heavy atom. The molecule has 2 aromatic rings. The molecule has 0 amide bonds. The number of benzene rings is 1. The van der Waals surface area contributed by atoms with Gasteiger partial charge in [-0.15, -0.1) is 0 Å². The maximum Gasteiger partial charge on any atom is 0.342 e. The van der Waals surface area contributed by atoms with Gasteiger partial charge in [0.2, 0.25) is 0 Å². The standard InChI is InChI=1S/C13H8O4S/c14-11(8-5-6-18-7-8)16-13-10-4-2-1-3-9(10)12(15)17-13/h1-7,13H/t13-/m0/s1. The molecule has 1 aromatic carbocycles. The summed E-state index contributed by atoms with van der Waals surface area (Å²) in [4.78, 5) is 23.3.